The van der Waals surface area contributed by atoms with Crippen LogP contribution < -0.4 is 0 Å². The van der Waals surface area contributed by atoms with Crippen molar-refractivity contribution in [1.29, 1.82) is 0 Å². The molecule has 0 spiro atoms. The van der Waals surface area contributed by atoms with Gasteiger partial charge in [0.1, 0.15) is 0 Å². The van der Waals surface area contributed by atoms with Gasteiger partial charge in [0.05, 0.1) is 18.4 Å². The summed E-state index contributed by atoms with van der Waals surface area (Å²) in [6.07, 6.45) is 1.54. The number of carbonyl (C=O) groups is 1. The van der Waals surface area contributed by atoms with Crippen LogP contribution in [-0.2, 0) is 14.0 Å². The van der Waals surface area contributed by atoms with Crippen LogP contribution in [0.1, 0.15) is 12.5 Å². The van der Waals surface area contributed by atoms with Gasteiger partial charge in [-0.1, -0.05) is 30.3 Å². The van der Waals surface area contributed by atoms with E-state index in [4.69, 9.17) is 9.16 Å². The van der Waals surface area contributed by atoms with Crippen molar-refractivity contribution in [3.63, 3.8) is 0 Å². The topological polar surface area (TPSA) is 35.5 Å². The standard InChI is InChI=1S/C14H20O3Si/c1-5-16-14(15)13(11-17-18(2,3)4)12-9-7-6-8-10-12/h6-11H,5H2,1-4H3/b13-11-. The summed E-state index contributed by atoms with van der Waals surface area (Å²) >= 11 is 0. The minimum atomic E-state index is -1.71. The highest BCUT2D eigenvalue weighted by Crippen LogP contribution is 2.17. The Kier molecular flexibility index (Phi) is 5.16. The fraction of sp³-hybridized carbons (Fsp3) is 0.357. The van der Waals surface area contributed by atoms with E-state index in [9.17, 15) is 4.79 Å². The molecule has 0 fully saturated rings. The first kappa shape index (κ1) is 14.5. The number of rotatable bonds is 5. The Morgan fingerprint density at radius 3 is 2.33 bits per heavy atom. The van der Waals surface area contributed by atoms with Gasteiger partial charge in [-0.05, 0) is 32.1 Å². The molecule has 0 heterocycles. The van der Waals surface area contributed by atoms with Crippen LogP contribution in [0.15, 0.2) is 36.6 Å². The molecule has 0 bridgehead atoms. The zero-order chi connectivity index (χ0) is 13.6. The summed E-state index contributed by atoms with van der Waals surface area (Å²) in [5.74, 6) is -0.345. The summed E-state index contributed by atoms with van der Waals surface area (Å²) in [6, 6.07) is 9.42. The minimum absolute atomic E-state index is 0.345. The summed E-state index contributed by atoms with van der Waals surface area (Å²) in [7, 11) is -1.71. The minimum Gasteiger partial charge on any atom is -0.549 e. The Morgan fingerprint density at radius 1 is 1.22 bits per heavy atom. The number of carbonyl (C=O) groups excluding carboxylic acids is 1. The van der Waals surface area contributed by atoms with Crippen molar-refractivity contribution in [2.45, 2.75) is 26.6 Å². The molecule has 0 radical (unpaired) electrons. The van der Waals surface area contributed by atoms with Crippen molar-refractivity contribution < 1.29 is 14.0 Å². The van der Waals surface area contributed by atoms with Crippen LogP contribution >= 0.6 is 0 Å². The first-order chi connectivity index (χ1) is 8.44. The zero-order valence-corrected chi connectivity index (χ0v) is 12.4. The van der Waals surface area contributed by atoms with E-state index in [0.29, 0.717) is 12.2 Å². The Labute approximate surface area is 110 Å². The maximum absolute atomic E-state index is 11.9. The second-order valence-corrected chi connectivity index (χ2v) is 9.31. The van der Waals surface area contributed by atoms with Crippen molar-refractivity contribution in [2.24, 2.45) is 0 Å². The van der Waals surface area contributed by atoms with Crippen molar-refractivity contribution in [3.8, 4) is 0 Å². The van der Waals surface area contributed by atoms with Crippen LogP contribution in [0.5, 0.6) is 0 Å². The molecule has 0 N–H and O–H groups in total. The molecule has 0 aromatic heterocycles. The lowest BCUT2D eigenvalue weighted by atomic mass is 10.1. The van der Waals surface area contributed by atoms with E-state index in [-0.39, 0.29) is 5.97 Å². The highest BCUT2D eigenvalue weighted by Gasteiger charge is 2.18. The highest BCUT2D eigenvalue weighted by atomic mass is 28.4. The molecule has 98 valence electrons. The molecular formula is C14H20O3Si. The van der Waals surface area contributed by atoms with E-state index in [1.54, 1.807) is 13.2 Å². The molecule has 0 saturated carbocycles. The molecule has 1 aromatic carbocycles. The lowest BCUT2D eigenvalue weighted by molar-refractivity contribution is -0.136. The number of esters is 1. The van der Waals surface area contributed by atoms with E-state index in [2.05, 4.69) is 19.6 Å². The predicted molar refractivity (Wildman–Crippen MR) is 75.5 cm³/mol. The van der Waals surface area contributed by atoms with Gasteiger partial charge < -0.3 is 9.16 Å². The quantitative estimate of drug-likeness (QED) is 0.354. The Morgan fingerprint density at radius 2 is 1.83 bits per heavy atom. The van der Waals surface area contributed by atoms with Gasteiger partial charge in [-0.2, -0.15) is 0 Å². The molecule has 3 nitrogen and oxygen atoms in total. The normalized spacial score (nSPS) is 12.1. The second-order valence-electron chi connectivity index (χ2n) is 4.85. The van der Waals surface area contributed by atoms with Crippen molar-refractivity contribution in [3.05, 3.63) is 42.2 Å². The molecule has 0 aliphatic heterocycles. The lowest BCUT2D eigenvalue weighted by Gasteiger charge is -2.16. The number of benzene rings is 1. The smallest absolute Gasteiger partial charge is 0.341 e. The molecule has 0 amide bonds. The van der Waals surface area contributed by atoms with Gasteiger partial charge in [-0.25, -0.2) is 4.79 Å². The van der Waals surface area contributed by atoms with E-state index in [1.807, 2.05) is 30.3 Å². The van der Waals surface area contributed by atoms with E-state index >= 15 is 0 Å². The summed E-state index contributed by atoms with van der Waals surface area (Å²) in [5, 5.41) is 0. The van der Waals surface area contributed by atoms with Crippen LogP contribution in [0.2, 0.25) is 19.6 Å². The first-order valence-electron chi connectivity index (χ1n) is 6.04. The maximum atomic E-state index is 11.9. The third-order valence-corrected chi connectivity index (χ3v) is 2.94. The van der Waals surface area contributed by atoms with Crippen LogP contribution in [0, 0.1) is 0 Å². The number of hydrogen-bond acceptors (Lipinski definition) is 3. The largest absolute Gasteiger partial charge is 0.549 e. The van der Waals surface area contributed by atoms with Gasteiger partial charge in [0.15, 0.2) is 0 Å². The van der Waals surface area contributed by atoms with Crippen molar-refractivity contribution >= 4 is 19.9 Å². The average molecular weight is 264 g/mol. The van der Waals surface area contributed by atoms with E-state index < -0.39 is 8.32 Å². The highest BCUT2D eigenvalue weighted by molar-refractivity contribution is 6.70. The molecule has 0 aliphatic carbocycles. The Balaban J connectivity index is 3.00. The third-order valence-electron chi connectivity index (χ3n) is 2.11. The molecule has 0 atom stereocenters. The number of ether oxygens (including phenoxy) is 1. The molecule has 18 heavy (non-hydrogen) atoms. The molecule has 0 aliphatic rings. The van der Waals surface area contributed by atoms with Crippen LogP contribution in [0.3, 0.4) is 0 Å². The lowest BCUT2D eigenvalue weighted by Crippen LogP contribution is -2.23. The summed E-state index contributed by atoms with van der Waals surface area (Å²) in [5.41, 5.74) is 1.29. The average Bonchev–Trinajstić information content (AvgIpc) is 2.29. The third kappa shape index (κ3) is 4.75. The van der Waals surface area contributed by atoms with Crippen LogP contribution in [0.25, 0.3) is 5.57 Å². The van der Waals surface area contributed by atoms with Gasteiger partial charge in [-0.15, -0.1) is 0 Å². The second kappa shape index (κ2) is 6.40. The van der Waals surface area contributed by atoms with Gasteiger partial charge in [0, 0.05) is 0 Å². The fourth-order valence-electron chi connectivity index (χ4n) is 1.30. The molecule has 1 rings (SSSR count). The van der Waals surface area contributed by atoms with Gasteiger partial charge in [0.2, 0.25) is 8.32 Å². The Bertz CT molecular complexity index is 418. The molecule has 0 unspecified atom stereocenters. The van der Waals surface area contributed by atoms with Crippen molar-refractivity contribution in [2.75, 3.05) is 6.61 Å². The molecule has 0 saturated heterocycles. The summed E-state index contributed by atoms with van der Waals surface area (Å²) < 4.78 is 10.7. The predicted octanol–water partition coefficient (Wildman–Crippen LogP) is 3.44. The summed E-state index contributed by atoms with van der Waals surface area (Å²) in [4.78, 5) is 11.9. The molecule has 1 aromatic rings. The van der Waals surface area contributed by atoms with Gasteiger partial charge in [-0.3, -0.25) is 0 Å². The first-order valence-corrected chi connectivity index (χ1v) is 9.45. The van der Waals surface area contributed by atoms with Crippen molar-refractivity contribution in [1.82, 2.24) is 0 Å². The van der Waals surface area contributed by atoms with Crippen LogP contribution in [0.4, 0.5) is 0 Å². The monoisotopic (exact) mass is 264 g/mol. The van der Waals surface area contributed by atoms with Gasteiger partial charge in [0.25, 0.3) is 0 Å². The maximum Gasteiger partial charge on any atom is 0.341 e. The SMILES string of the molecule is CCOC(=O)/C(=C\O[Si](C)(C)C)c1ccccc1. The Hall–Kier alpha value is -1.55. The molecule has 4 heteroatoms. The summed E-state index contributed by atoms with van der Waals surface area (Å²) in [6.45, 7) is 8.35. The molecular weight excluding hydrogens is 244 g/mol. The van der Waals surface area contributed by atoms with E-state index in [0.717, 1.165) is 5.56 Å². The fourth-order valence-corrected chi connectivity index (χ4v) is 1.77. The van der Waals surface area contributed by atoms with Gasteiger partial charge >= 0.3 is 5.97 Å². The van der Waals surface area contributed by atoms with Crippen LogP contribution in [-0.4, -0.2) is 20.9 Å². The van der Waals surface area contributed by atoms with E-state index in [1.165, 1.54) is 0 Å². The zero-order valence-electron chi connectivity index (χ0n) is 11.4. The number of hydrogen-bond donors (Lipinski definition) is 0.